The van der Waals surface area contributed by atoms with E-state index in [9.17, 15) is 13.6 Å². The molecule has 0 amide bonds. The highest BCUT2D eigenvalue weighted by atomic mass is 19.3. The van der Waals surface area contributed by atoms with Crippen LogP contribution >= 0.6 is 0 Å². The lowest BCUT2D eigenvalue weighted by Gasteiger charge is -2.01. The Balaban J connectivity index is 2.72. The van der Waals surface area contributed by atoms with Gasteiger partial charge in [0.1, 0.15) is 6.54 Å². The average Bonchev–Trinajstić information content (AvgIpc) is 2.50. The van der Waals surface area contributed by atoms with Crippen LogP contribution < -0.4 is 0 Å². The second-order valence-electron chi connectivity index (χ2n) is 2.95. The molecule has 1 aromatic rings. The third-order valence-corrected chi connectivity index (χ3v) is 1.85. The number of carboxylic acids is 1. The number of alkyl halides is 2. The van der Waals surface area contributed by atoms with Gasteiger partial charge in [-0.2, -0.15) is 5.10 Å². The van der Waals surface area contributed by atoms with Crippen LogP contribution in [0.2, 0.25) is 0 Å². The smallest absolute Gasteiger partial charge is 0.310 e. The van der Waals surface area contributed by atoms with E-state index in [1.165, 1.54) is 19.3 Å². The molecule has 0 saturated carbocycles. The van der Waals surface area contributed by atoms with Crippen molar-refractivity contribution in [2.45, 2.75) is 25.8 Å². The minimum Gasteiger partial charge on any atom is -0.481 e. The van der Waals surface area contributed by atoms with Gasteiger partial charge in [0.2, 0.25) is 0 Å². The standard InChI is InChI=1S/C8H10F2N2O2/c1-5(8(13)14)6-2-11-12(3-6)4-7(9)10/h2-3,5,7H,4H2,1H3,(H,13,14). The average molecular weight is 204 g/mol. The summed E-state index contributed by atoms with van der Waals surface area (Å²) in [5.74, 6) is -1.72. The zero-order valence-corrected chi connectivity index (χ0v) is 7.52. The third-order valence-electron chi connectivity index (χ3n) is 1.85. The van der Waals surface area contributed by atoms with Crippen LogP contribution in [0.1, 0.15) is 18.4 Å². The fraction of sp³-hybridized carbons (Fsp3) is 0.500. The van der Waals surface area contributed by atoms with Crippen LogP contribution in [-0.4, -0.2) is 27.3 Å². The van der Waals surface area contributed by atoms with Crippen LogP contribution in [0.25, 0.3) is 0 Å². The van der Waals surface area contributed by atoms with Gasteiger partial charge in [0.05, 0.1) is 12.1 Å². The maximum atomic E-state index is 11.9. The lowest BCUT2D eigenvalue weighted by Crippen LogP contribution is -2.08. The van der Waals surface area contributed by atoms with Crippen molar-refractivity contribution >= 4 is 5.97 Å². The Bertz CT molecular complexity index is 325. The molecule has 0 aliphatic carbocycles. The molecule has 1 N–H and O–H groups in total. The predicted octanol–water partition coefficient (Wildman–Crippen LogP) is 1.34. The second kappa shape index (κ2) is 4.17. The van der Waals surface area contributed by atoms with E-state index in [-0.39, 0.29) is 0 Å². The summed E-state index contributed by atoms with van der Waals surface area (Å²) in [5.41, 5.74) is 0.429. The number of hydrogen-bond acceptors (Lipinski definition) is 2. The Labute approximate surface area is 79.2 Å². The molecule has 14 heavy (non-hydrogen) atoms. The maximum Gasteiger partial charge on any atom is 0.310 e. The van der Waals surface area contributed by atoms with Crippen molar-refractivity contribution in [3.63, 3.8) is 0 Å². The van der Waals surface area contributed by atoms with Gasteiger partial charge in [0.15, 0.2) is 0 Å². The molecule has 0 radical (unpaired) electrons. The predicted molar refractivity (Wildman–Crippen MR) is 44.3 cm³/mol. The zero-order valence-electron chi connectivity index (χ0n) is 7.52. The molecular formula is C8H10F2N2O2. The minimum atomic E-state index is -2.48. The molecule has 0 saturated heterocycles. The molecule has 4 nitrogen and oxygen atoms in total. The van der Waals surface area contributed by atoms with E-state index in [4.69, 9.17) is 5.11 Å². The van der Waals surface area contributed by atoms with E-state index in [1.807, 2.05) is 0 Å². The quantitative estimate of drug-likeness (QED) is 0.805. The Morgan fingerprint density at radius 3 is 2.86 bits per heavy atom. The van der Waals surface area contributed by atoms with E-state index in [1.54, 1.807) is 0 Å². The molecule has 0 spiro atoms. The molecule has 0 aromatic carbocycles. The first-order chi connectivity index (χ1) is 6.50. The molecule has 6 heteroatoms. The van der Waals surface area contributed by atoms with Crippen LogP contribution in [0.15, 0.2) is 12.4 Å². The van der Waals surface area contributed by atoms with Crippen molar-refractivity contribution in [2.75, 3.05) is 0 Å². The number of halogens is 2. The highest BCUT2D eigenvalue weighted by molar-refractivity contribution is 5.75. The highest BCUT2D eigenvalue weighted by Crippen LogP contribution is 2.14. The summed E-state index contributed by atoms with van der Waals surface area (Å²) < 4.78 is 24.9. The van der Waals surface area contributed by atoms with E-state index >= 15 is 0 Å². The number of nitrogens with zero attached hydrogens (tertiary/aromatic N) is 2. The number of aliphatic carboxylic acids is 1. The third kappa shape index (κ3) is 2.51. The van der Waals surface area contributed by atoms with Crippen molar-refractivity contribution in [3.8, 4) is 0 Å². The molecule has 78 valence electrons. The first kappa shape index (κ1) is 10.6. The molecule has 0 aliphatic rings. The second-order valence-corrected chi connectivity index (χ2v) is 2.95. The van der Waals surface area contributed by atoms with Gasteiger partial charge in [0.25, 0.3) is 6.43 Å². The molecule has 0 aliphatic heterocycles. The van der Waals surface area contributed by atoms with E-state index < -0.39 is 24.9 Å². The molecule has 0 fully saturated rings. The summed E-state index contributed by atoms with van der Waals surface area (Å²) in [7, 11) is 0. The van der Waals surface area contributed by atoms with E-state index in [0.29, 0.717) is 5.56 Å². The van der Waals surface area contributed by atoms with Crippen molar-refractivity contribution in [1.82, 2.24) is 9.78 Å². The lowest BCUT2D eigenvalue weighted by molar-refractivity contribution is -0.138. The van der Waals surface area contributed by atoms with Gasteiger partial charge in [-0.25, -0.2) is 8.78 Å². The topological polar surface area (TPSA) is 55.1 Å². The summed E-state index contributed by atoms with van der Waals surface area (Å²) in [5, 5.41) is 12.3. The van der Waals surface area contributed by atoms with Gasteiger partial charge in [-0.05, 0) is 6.92 Å². The number of carboxylic acid groups (broad SMARTS) is 1. The Morgan fingerprint density at radius 1 is 1.71 bits per heavy atom. The summed E-state index contributed by atoms with van der Waals surface area (Å²) in [6.07, 6.45) is 0.134. The van der Waals surface area contributed by atoms with Crippen molar-refractivity contribution in [2.24, 2.45) is 0 Å². The monoisotopic (exact) mass is 204 g/mol. The Hall–Kier alpha value is -1.46. The summed E-state index contributed by atoms with van der Waals surface area (Å²) in [6.45, 7) is 0.971. The van der Waals surface area contributed by atoms with E-state index in [0.717, 1.165) is 4.68 Å². The lowest BCUT2D eigenvalue weighted by atomic mass is 10.1. The van der Waals surface area contributed by atoms with E-state index in [2.05, 4.69) is 5.10 Å². The number of rotatable bonds is 4. The minimum absolute atomic E-state index is 0.429. The largest absolute Gasteiger partial charge is 0.481 e. The van der Waals surface area contributed by atoms with Crippen molar-refractivity contribution in [3.05, 3.63) is 18.0 Å². The van der Waals surface area contributed by atoms with Gasteiger partial charge in [-0.1, -0.05) is 0 Å². The molecule has 0 bridgehead atoms. The molecule has 1 rings (SSSR count). The van der Waals surface area contributed by atoms with Crippen molar-refractivity contribution in [1.29, 1.82) is 0 Å². The maximum absolute atomic E-state index is 11.9. The summed E-state index contributed by atoms with van der Waals surface area (Å²) in [4.78, 5) is 10.5. The first-order valence-electron chi connectivity index (χ1n) is 4.04. The fourth-order valence-electron chi connectivity index (χ4n) is 0.987. The van der Waals surface area contributed by atoms with Gasteiger partial charge < -0.3 is 5.11 Å². The van der Waals surface area contributed by atoms with Gasteiger partial charge in [-0.15, -0.1) is 0 Å². The number of aromatic nitrogens is 2. The van der Waals surface area contributed by atoms with Gasteiger partial charge in [0, 0.05) is 11.8 Å². The van der Waals surface area contributed by atoms with Gasteiger partial charge >= 0.3 is 5.97 Å². The zero-order chi connectivity index (χ0) is 10.7. The van der Waals surface area contributed by atoms with Crippen LogP contribution in [0.4, 0.5) is 8.78 Å². The SMILES string of the molecule is CC(C(=O)O)c1cnn(CC(F)F)c1. The molecule has 1 aromatic heterocycles. The van der Waals surface area contributed by atoms with Crippen LogP contribution in [0.3, 0.4) is 0 Å². The highest BCUT2D eigenvalue weighted by Gasteiger charge is 2.16. The van der Waals surface area contributed by atoms with Gasteiger partial charge in [-0.3, -0.25) is 9.48 Å². The first-order valence-corrected chi connectivity index (χ1v) is 4.04. The molecule has 1 unspecified atom stereocenters. The Kier molecular flexibility index (Phi) is 3.16. The van der Waals surface area contributed by atoms with Crippen LogP contribution in [0.5, 0.6) is 0 Å². The van der Waals surface area contributed by atoms with Crippen LogP contribution in [-0.2, 0) is 11.3 Å². The summed E-state index contributed by atoms with van der Waals surface area (Å²) >= 11 is 0. The number of hydrogen-bond donors (Lipinski definition) is 1. The molecule has 1 heterocycles. The normalized spacial score (nSPS) is 13.1. The Morgan fingerprint density at radius 2 is 2.36 bits per heavy atom. The number of carbonyl (C=O) groups is 1. The molecule has 1 atom stereocenters. The van der Waals surface area contributed by atoms with Crippen LogP contribution in [0, 0.1) is 0 Å². The van der Waals surface area contributed by atoms with Crippen molar-refractivity contribution < 1.29 is 18.7 Å². The summed E-state index contributed by atoms with van der Waals surface area (Å²) in [6, 6.07) is 0. The molecular weight excluding hydrogens is 194 g/mol. The fourth-order valence-corrected chi connectivity index (χ4v) is 0.987.